The minimum Gasteiger partial charge on any atom is -0.496 e. The van der Waals surface area contributed by atoms with Crippen LogP contribution in [0.4, 0.5) is 0 Å². The van der Waals surface area contributed by atoms with E-state index in [1.165, 1.54) is 0 Å². The van der Waals surface area contributed by atoms with Crippen LogP contribution in [0.5, 0.6) is 5.75 Å². The summed E-state index contributed by atoms with van der Waals surface area (Å²) in [5, 5.41) is 9.22. The number of rotatable bonds is 5. The first kappa shape index (κ1) is 15.0. The van der Waals surface area contributed by atoms with Gasteiger partial charge in [-0.25, -0.2) is 0 Å². The molecule has 0 bridgehead atoms. The van der Waals surface area contributed by atoms with Crippen molar-refractivity contribution in [3.05, 3.63) is 29.3 Å². The number of morpholine rings is 1. The molecular weight excluding hydrogens is 258 g/mol. The fraction of sp³-hybridized carbons (Fsp3) is 0.533. The predicted octanol–water partition coefficient (Wildman–Crippen LogP) is 1.09. The molecule has 2 atom stereocenters. The van der Waals surface area contributed by atoms with Crippen molar-refractivity contribution in [3.8, 4) is 5.75 Å². The molecule has 0 aromatic heterocycles. The van der Waals surface area contributed by atoms with E-state index in [2.05, 4.69) is 11.8 Å². The molecule has 1 N–H and O–H groups in total. The molecular formula is C15H21NO4. The second-order valence-corrected chi connectivity index (χ2v) is 5.11. The number of nitrogens with zero attached hydrogens (tertiary/aromatic N) is 1. The monoisotopic (exact) mass is 279 g/mol. The Morgan fingerprint density at radius 1 is 1.55 bits per heavy atom. The van der Waals surface area contributed by atoms with Gasteiger partial charge in [-0.15, -0.1) is 0 Å². The van der Waals surface area contributed by atoms with Crippen LogP contribution in [0.1, 0.15) is 22.8 Å². The van der Waals surface area contributed by atoms with Crippen molar-refractivity contribution in [1.82, 2.24) is 4.90 Å². The largest absolute Gasteiger partial charge is 0.496 e. The van der Waals surface area contributed by atoms with Crippen molar-refractivity contribution in [2.45, 2.75) is 25.6 Å². The third-order valence-corrected chi connectivity index (χ3v) is 3.65. The third-order valence-electron chi connectivity index (χ3n) is 3.65. The number of methoxy groups -OCH3 is 1. The molecule has 20 heavy (non-hydrogen) atoms. The third kappa shape index (κ3) is 3.36. The lowest BCUT2D eigenvalue weighted by atomic mass is 10.1. The normalized spacial score (nSPS) is 23.6. The van der Waals surface area contributed by atoms with Crippen molar-refractivity contribution in [2.75, 3.05) is 26.9 Å². The summed E-state index contributed by atoms with van der Waals surface area (Å²) in [5.74, 6) is 0.773. The van der Waals surface area contributed by atoms with Crippen LogP contribution in [-0.2, 0) is 11.3 Å². The summed E-state index contributed by atoms with van der Waals surface area (Å²) in [6.07, 6.45) is 0.689. The van der Waals surface area contributed by atoms with Gasteiger partial charge >= 0.3 is 0 Å². The van der Waals surface area contributed by atoms with E-state index in [-0.39, 0.29) is 18.8 Å². The Kier molecular flexibility index (Phi) is 5.11. The molecule has 0 saturated carbocycles. The SMILES string of the molecule is COc1ccc(C=O)cc1CN1CC(CO)OCC1C. The zero-order valence-corrected chi connectivity index (χ0v) is 11.9. The molecule has 5 nitrogen and oxygen atoms in total. The molecule has 0 aliphatic carbocycles. The van der Waals surface area contributed by atoms with Gasteiger partial charge in [0.25, 0.3) is 0 Å². The van der Waals surface area contributed by atoms with Crippen molar-refractivity contribution in [2.24, 2.45) is 0 Å². The number of aldehydes is 1. The van der Waals surface area contributed by atoms with E-state index in [4.69, 9.17) is 9.47 Å². The van der Waals surface area contributed by atoms with Crippen molar-refractivity contribution < 1.29 is 19.4 Å². The maximum atomic E-state index is 10.9. The average molecular weight is 279 g/mol. The summed E-state index contributed by atoms with van der Waals surface area (Å²) in [6, 6.07) is 5.67. The molecule has 1 aliphatic rings. The van der Waals surface area contributed by atoms with Gasteiger partial charge in [0.1, 0.15) is 12.0 Å². The molecule has 1 aromatic rings. The van der Waals surface area contributed by atoms with E-state index in [0.717, 1.165) is 17.6 Å². The number of ether oxygens (including phenoxy) is 2. The maximum Gasteiger partial charge on any atom is 0.150 e. The van der Waals surface area contributed by atoms with Crippen LogP contribution in [0.2, 0.25) is 0 Å². The lowest BCUT2D eigenvalue weighted by molar-refractivity contribution is -0.0806. The molecule has 1 aromatic carbocycles. The molecule has 0 radical (unpaired) electrons. The molecule has 0 amide bonds. The van der Waals surface area contributed by atoms with Crippen LogP contribution in [0.3, 0.4) is 0 Å². The first-order chi connectivity index (χ1) is 9.67. The van der Waals surface area contributed by atoms with Gasteiger partial charge in [0.05, 0.1) is 26.4 Å². The molecule has 1 aliphatic heterocycles. The first-order valence-corrected chi connectivity index (χ1v) is 6.76. The van der Waals surface area contributed by atoms with Gasteiger partial charge in [-0.2, -0.15) is 0 Å². The van der Waals surface area contributed by atoms with Gasteiger partial charge in [0.15, 0.2) is 0 Å². The number of carbonyl (C=O) groups excluding carboxylic acids is 1. The minimum absolute atomic E-state index is 0.0226. The van der Waals surface area contributed by atoms with Gasteiger partial charge in [-0.3, -0.25) is 9.69 Å². The Balaban J connectivity index is 2.16. The van der Waals surface area contributed by atoms with Crippen LogP contribution < -0.4 is 4.74 Å². The highest BCUT2D eigenvalue weighted by atomic mass is 16.5. The second-order valence-electron chi connectivity index (χ2n) is 5.11. The standard InChI is InChI=1S/C15H21NO4/c1-11-10-20-14(9-18)7-16(11)6-13-5-12(8-17)3-4-15(13)19-2/h3-5,8,11,14,18H,6-7,9-10H2,1-2H3. The summed E-state index contributed by atoms with van der Waals surface area (Å²) >= 11 is 0. The molecule has 110 valence electrons. The smallest absolute Gasteiger partial charge is 0.150 e. The minimum atomic E-state index is -0.147. The van der Waals surface area contributed by atoms with Gasteiger partial charge in [-0.1, -0.05) is 0 Å². The van der Waals surface area contributed by atoms with Crippen LogP contribution in [0, 0.1) is 0 Å². The molecule has 1 heterocycles. The fourth-order valence-electron chi connectivity index (χ4n) is 2.42. The zero-order chi connectivity index (χ0) is 14.5. The number of carbonyl (C=O) groups is 1. The van der Waals surface area contributed by atoms with Gasteiger partial charge in [0, 0.05) is 30.3 Å². The summed E-state index contributed by atoms with van der Waals surface area (Å²) in [4.78, 5) is 13.1. The number of hydrogen-bond acceptors (Lipinski definition) is 5. The van der Waals surface area contributed by atoms with Crippen LogP contribution in [0.25, 0.3) is 0 Å². The van der Waals surface area contributed by atoms with Crippen LogP contribution >= 0.6 is 0 Å². The van der Waals surface area contributed by atoms with Crippen LogP contribution in [0.15, 0.2) is 18.2 Å². The topological polar surface area (TPSA) is 59.0 Å². The Labute approximate surface area is 119 Å². The summed E-state index contributed by atoms with van der Waals surface area (Å²) in [6.45, 7) is 4.05. The predicted molar refractivity (Wildman–Crippen MR) is 75.1 cm³/mol. The van der Waals surface area contributed by atoms with E-state index in [0.29, 0.717) is 25.3 Å². The number of aliphatic hydroxyl groups is 1. The number of aliphatic hydroxyl groups excluding tert-OH is 1. The maximum absolute atomic E-state index is 10.9. The highest BCUT2D eigenvalue weighted by molar-refractivity contribution is 5.75. The van der Waals surface area contributed by atoms with Crippen molar-refractivity contribution in [3.63, 3.8) is 0 Å². The summed E-state index contributed by atoms with van der Waals surface area (Å²) < 4.78 is 10.9. The van der Waals surface area contributed by atoms with E-state index in [1.807, 2.05) is 12.1 Å². The molecule has 2 unspecified atom stereocenters. The van der Waals surface area contributed by atoms with E-state index in [1.54, 1.807) is 13.2 Å². The highest BCUT2D eigenvalue weighted by Gasteiger charge is 2.26. The Morgan fingerprint density at radius 3 is 3.00 bits per heavy atom. The number of hydrogen-bond donors (Lipinski definition) is 1. The van der Waals surface area contributed by atoms with E-state index >= 15 is 0 Å². The lowest BCUT2D eigenvalue weighted by Gasteiger charge is -2.37. The Hall–Kier alpha value is -1.43. The fourth-order valence-corrected chi connectivity index (χ4v) is 2.42. The van der Waals surface area contributed by atoms with E-state index < -0.39 is 0 Å². The molecule has 0 spiro atoms. The van der Waals surface area contributed by atoms with Gasteiger partial charge in [0.2, 0.25) is 0 Å². The molecule has 1 fully saturated rings. The van der Waals surface area contributed by atoms with Crippen molar-refractivity contribution in [1.29, 1.82) is 0 Å². The first-order valence-electron chi connectivity index (χ1n) is 6.76. The summed E-state index contributed by atoms with van der Waals surface area (Å²) in [7, 11) is 1.62. The van der Waals surface area contributed by atoms with Crippen molar-refractivity contribution >= 4 is 6.29 Å². The van der Waals surface area contributed by atoms with Gasteiger partial charge < -0.3 is 14.6 Å². The Bertz CT molecular complexity index is 463. The molecule has 5 heteroatoms. The highest BCUT2D eigenvalue weighted by Crippen LogP contribution is 2.23. The number of benzene rings is 1. The van der Waals surface area contributed by atoms with Crippen LogP contribution in [-0.4, -0.2) is 55.3 Å². The zero-order valence-electron chi connectivity index (χ0n) is 11.9. The lowest BCUT2D eigenvalue weighted by Crippen LogP contribution is -2.48. The molecule has 2 rings (SSSR count). The second kappa shape index (κ2) is 6.83. The average Bonchev–Trinajstić information content (AvgIpc) is 2.49. The Morgan fingerprint density at radius 2 is 2.35 bits per heavy atom. The summed E-state index contributed by atoms with van der Waals surface area (Å²) in [5.41, 5.74) is 1.61. The van der Waals surface area contributed by atoms with Gasteiger partial charge in [-0.05, 0) is 25.1 Å². The quantitative estimate of drug-likeness (QED) is 0.818. The molecule has 1 saturated heterocycles. The van der Waals surface area contributed by atoms with E-state index in [9.17, 15) is 9.90 Å².